The van der Waals surface area contributed by atoms with Crippen LogP contribution in [0.3, 0.4) is 0 Å². The van der Waals surface area contributed by atoms with Gasteiger partial charge in [0.1, 0.15) is 0 Å². The van der Waals surface area contributed by atoms with E-state index < -0.39 is 0 Å². The Hall–Kier alpha value is -1.46. The fourth-order valence-electron chi connectivity index (χ4n) is 4.10. The van der Waals surface area contributed by atoms with E-state index in [1.54, 1.807) is 6.20 Å². The monoisotopic (exact) mass is 315 g/mol. The molecular weight excluding hydrogens is 290 g/mol. The largest absolute Gasteiger partial charge is 0.377 e. The lowest BCUT2D eigenvalue weighted by molar-refractivity contribution is -0.151. The summed E-state index contributed by atoms with van der Waals surface area (Å²) in [5.41, 5.74) is 2.86. The fraction of sp³-hybridized carbons (Fsp3) is 0.667. The molecule has 3 heterocycles. The maximum Gasteiger partial charge on any atom is 0.233 e. The second kappa shape index (κ2) is 6.21. The normalized spacial score (nSPS) is 26.0. The summed E-state index contributed by atoms with van der Waals surface area (Å²) < 4.78 is 5.95. The second-order valence-corrected chi connectivity index (χ2v) is 7.08. The van der Waals surface area contributed by atoms with Crippen LogP contribution in [0, 0.1) is 5.41 Å². The molecule has 2 fully saturated rings. The number of carbonyl (C=O) groups excluding carboxylic acids is 1. The number of carbonyl (C=O) groups is 1. The Balaban J connectivity index is 1.50. The van der Waals surface area contributed by atoms with E-state index in [4.69, 9.17) is 4.74 Å². The van der Waals surface area contributed by atoms with Crippen LogP contribution in [0.25, 0.3) is 0 Å². The highest BCUT2D eigenvalue weighted by Crippen LogP contribution is 2.48. The van der Waals surface area contributed by atoms with Crippen LogP contribution in [-0.2, 0) is 22.5 Å². The number of ether oxygens (including phenoxy) is 1. The van der Waals surface area contributed by atoms with E-state index in [1.807, 2.05) is 0 Å². The van der Waals surface area contributed by atoms with Gasteiger partial charge in [-0.25, -0.2) is 0 Å². The highest BCUT2D eigenvalue weighted by Gasteiger charge is 2.51. The predicted molar refractivity (Wildman–Crippen MR) is 88.2 cm³/mol. The number of pyridine rings is 1. The third kappa shape index (κ3) is 2.76. The maximum atomic E-state index is 12.9. The van der Waals surface area contributed by atoms with Crippen LogP contribution in [0.4, 0.5) is 5.69 Å². The van der Waals surface area contributed by atoms with Crippen molar-refractivity contribution in [3.05, 3.63) is 23.5 Å². The van der Waals surface area contributed by atoms with Crippen molar-refractivity contribution in [2.24, 2.45) is 5.41 Å². The third-order valence-corrected chi connectivity index (χ3v) is 5.67. The van der Waals surface area contributed by atoms with E-state index in [9.17, 15) is 4.79 Å². The molecule has 0 radical (unpaired) electrons. The van der Waals surface area contributed by atoms with E-state index in [2.05, 4.69) is 21.7 Å². The SMILES string of the molecule is O=C(Nc1cnc2c(c1)CNCC2)C1(C2CCCCO2)CCC1. The summed E-state index contributed by atoms with van der Waals surface area (Å²) in [4.78, 5) is 17.5. The van der Waals surface area contributed by atoms with Crippen molar-refractivity contribution in [2.45, 2.75) is 57.6 Å². The molecule has 0 aromatic carbocycles. The average molecular weight is 315 g/mol. The molecule has 2 aliphatic heterocycles. The van der Waals surface area contributed by atoms with Crippen molar-refractivity contribution < 1.29 is 9.53 Å². The number of amides is 1. The van der Waals surface area contributed by atoms with Crippen LogP contribution in [0.1, 0.15) is 49.8 Å². The van der Waals surface area contributed by atoms with Gasteiger partial charge in [-0.2, -0.15) is 0 Å². The van der Waals surface area contributed by atoms with Crippen LogP contribution in [0.5, 0.6) is 0 Å². The first-order chi connectivity index (χ1) is 11.3. The lowest BCUT2D eigenvalue weighted by Crippen LogP contribution is -2.52. The standard InChI is InChI=1S/C18H25N3O2/c22-17(18(6-3-7-18)16-4-1-2-9-23-16)21-14-10-13-11-19-8-5-15(13)20-12-14/h10,12,16,19H,1-9,11H2,(H,21,22). The zero-order valence-corrected chi connectivity index (χ0v) is 13.6. The second-order valence-electron chi connectivity index (χ2n) is 7.08. The lowest BCUT2D eigenvalue weighted by atomic mass is 9.63. The van der Waals surface area contributed by atoms with E-state index in [0.29, 0.717) is 0 Å². The molecule has 0 spiro atoms. The van der Waals surface area contributed by atoms with Crippen LogP contribution < -0.4 is 10.6 Å². The quantitative estimate of drug-likeness (QED) is 0.899. The molecule has 5 heteroatoms. The van der Waals surface area contributed by atoms with Crippen molar-refractivity contribution in [1.82, 2.24) is 10.3 Å². The molecule has 1 atom stereocenters. The lowest BCUT2D eigenvalue weighted by Gasteiger charge is -2.47. The number of rotatable bonds is 3. The summed E-state index contributed by atoms with van der Waals surface area (Å²) in [7, 11) is 0. The van der Waals surface area contributed by atoms with Gasteiger partial charge in [-0.1, -0.05) is 6.42 Å². The Bertz CT molecular complexity index is 592. The highest BCUT2D eigenvalue weighted by molar-refractivity contribution is 5.96. The van der Waals surface area contributed by atoms with Gasteiger partial charge in [0.2, 0.25) is 5.91 Å². The molecule has 1 saturated heterocycles. The Labute approximate surface area is 137 Å². The molecule has 5 nitrogen and oxygen atoms in total. The number of fused-ring (bicyclic) bond motifs is 1. The van der Waals surface area contributed by atoms with Crippen molar-refractivity contribution in [2.75, 3.05) is 18.5 Å². The van der Waals surface area contributed by atoms with E-state index in [0.717, 1.165) is 69.6 Å². The molecule has 1 aromatic rings. The zero-order chi connectivity index (χ0) is 15.7. The van der Waals surface area contributed by atoms with Crippen LogP contribution in [0.2, 0.25) is 0 Å². The molecule has 3 aliphatic rings. The average Bonchev–Trinajstić information content (AvgIpc) is 2.55. The van der Waals surface area contributed by atoms with Crippen LogP contribution in [0.15, 0.2) is 12.3 Å². The van der Waals surface area contributed by atoms with Crippen LogP contribution >= 0.6 is 0 Å². The summed E-state index contributed by atoms with van der Waals surface area (Å²) in [5, 5.41) is 6.48. The molecule has 2 N–H and O–H groups in total. The van der Waals surface area contributed by atoms with Gasteiger partial charge in [-0.3, -0.25) is 9.78 Å². The van der Waals surface area contributed by atoms with Crippen molar-refractivity contribution in [3.63, 3.8) is 0 Å². The van der Waals surface area contributed by atoms with Gasteiger partial charge in [0.05, 0.1) is 23.4 Å². The number of anilines is 1. The summed E-state index contributed by atoms with van der Waals surface area (Å²) in [5.74, 6) is 0.126. The smallest absolute Gasteiger partial charge is 0.233 e. The fourth-order valence-corrected chi connectivity index (χ4v) is 4.10. The number of hydrogen-bond donors (Lipinski definition) is 2. The van der Waals surface area contributed by atoms with Gasteiger partial charge >= 0.3 is 0 Å². The molecule has 1 unspecified atom stereocenters. The third-order valence-electron chi connectivity index (χ3n) is 5.67. The van der Waals surface area contributed by atoms with Crippen molar-refractivity contribution >= 4 is 11.6 Å². The van der Waals surface area contributed by atoms with Gasteiger partial charge in [-0.05, 0) is 43.7 Å². The van der Waals surface area contributed by atoms with Crippen molar-refractivity contribution in [3.8, 4) is 0 Å². The van der Waals surface area contributed by atoms with Gasteiger partial charge in [-0.15, -0.1) is 0 Å². The molecule has 1 aromatic heterocycles. The molecular formula is C18H25N3O2. The first-order valence-electron chi connectivity index (χ1n) is 8.89. The van der Waals surface area contributed by atoms with Gasteiger partial charge in [0, 0.05) is 31.8 Å². The summed E-state index contributed by atoms with van der Waals surface area (Å²) in [6.07, 6.45) is 9.19. The summed E-state index contributed by atoms with van der Waals surface area (Å²) >= 11 is 0. The van der Waals surface area contributed by atoms with Crippen molar-refractivity contribution in [1.29, 1.82) is 0 Å². The molecule has 1 saturated carbocycles. The predicted octanol–water partition coefficient (Wildman–Crippen LogP) is 2.41. The minimum absolute atomic E-state index is 0.0947. The Morgan fingerprint density at radius 1 is 1.35 bits per heavy atom. The minimum Gasteiger partial charge on any atom is -0.377 e. The Kier molecular flexibility index (Phi) is 4.07. The van der Waals surface area contributed by atoms with Gasteiger partial charge in [0.25, 0.3) is 0 Å². The number of nitrogens with one attached hydrogen (secondary N) is 2. The summed E-state index contributed by atoms with van der Waals surface area (Å²) in [6.45, 7) is 2.61. The molecule has 0 bridgehead atoms. The number of aromatic nitrogens is 1. The topological polar surface area (TPSA) is 63.2 Å². The maximum absolute atomic E-state index is 12.9. The zero-order valence-electron chi connectivity index (χ0n) is 13.6. The highest BCUT2D eigenvalue weighted by atomic mass is 16.5. The molecule has 124 valence electrons. The molecule has 1 amide bonds. The first-order valence-corrected chi connectivity index (χ1v) is 8.89. The molecule has 23 heavy (non-hydrogen) atoms. The van der Waals surface area contributed by atoms with E-state index in [1.165, 1.54) is 12.0 Å². The molecule has 1 aliphatic carbocycles. The Morgan fingerprint density at radius 3 is 3.00 bits per heavy atom. The first kappa shape index (κ1) is 15.1. The van der Waals surface area contributed by atoms with E-state index >= 15 is 0 Å². The Morgan fingerprint density at radius 2 is 2.26 bits per heavy atom. The van der Waals surface area contributed by atoms with E-state index in [-0.39, 0.29) is 17.4 Å². The number of nitrogens with zero attached hydrogens (tertiary/aromatic N) is 1. The molecule has 4 rings (SSSR count). The van der Waals surface area contributed by atoms with Gasteiger partial charge < -0.3 is 15.4 Å². The van der Waals surface area contributed by atoms with Gasteiger partial charge in [0.15, 0.2) is 0 Å². The van der Waals surface area contributed by atoms with Crippen LogP contribution in [-0.4, -0.2) is 30.1 Å². The minimum atomic E-state index is -0.311. The number of hydrogen-bond acceptors (Lipinski definition) is 4. The summed E-state index contributed by atoms with van der Waals surface area (Å²) in [6, 6.07) is 2.07.